The van der Waals surface area contributed by atoms with Crippen LogP contribution in [0.3, 0.4) is 0 Å². The van der Waals surface area contributed by atoms with Crippen molar-refractivity contribution in [3.63, 3.8) is 0 Å². The van der Waals surface area contributed by atoms with E-state index in [0.717, 1.165) is 36.2 Å². The summed E-state index contributed by atoms with van der Waals surface area (Å²) in [5.74, 6) is 0.560. The van der Waals surface area contributed by atoms with E-state index < -0.39 is 0 Å². The minimum Gasteiger partial charge on any atom is -0.339 e. The van der Waals surface area contributed by atoms with Crippen molar-refractivity contribution in [2.75, 3.05) is 18.4 Å². The topological polar surface area (TPSA) is 58.1 Å². The molecule has 0 atom stereocenters. The van der Waals surface area contributed by atoms with Gasteiger partial charge in [-0.15, -0.1) is 0 Å². The van der Waals surface area contributed by atoms with Crippen LogP contribution in [0.2, 0.25) is 0 Å². The van der Waals surface area contributed by atoms with Crippen LogP contribution in [0.4, 0.5) is 11.6 Å². The molecule has 2 aromatic carbocycles. The molecule has 5 heteroatoms. The third-order valence-electron chi connectivity index (χ3n) is 4.82. The number of carbonyl (C=O) groups is 1. The molecule has 0 unspecified atom stereocenters. The Bertz CT molecular complexity index is 953. The summed E-state index contributed by atoms with van der Waals surface area (Å²) in [4.78, 5) is 23.5. The molecule has 150 valence electrons. The van der Waals surface area contributed by atoms with Crippen LogP contribution in [-0.2, 0) is 0 Å². The molecule has 5 nitrogen and oxygen atoms in total. The number of nitrogens with zero attached hydrogens (tertiary/aromatic N) is 3. The Hall–Kier alpha value is -3.21. The van der Waals surface area contributed by atoms with E-state index in [9.17, 15) is 4.79 Å². The lowest BCUT2D eigenvalue weighted by Crippen LogP contribution is -2.31. The van der Waals surface area contributed by atoms with Crippen molar-refractivity contribution in [1.82, 2.24) is 14.9 Å². The highest BCUT2D eigenvalue weighted by Gasteiger charge is 2.14. The minimum absolute atomic E-state index is 0.0558. The zero-order chi connectivity index (χ0) is 20.6. The monoisotopic (exact) mass is 388 g/mol. The smallest absolute Gasteiger partial charge is 0.253 e. The van der Waals surface area contributed by atoms with E-state index in [1.54, 1.807) is 0 Å². The van der Waals surface area contributed by atoms with E-state index in [-0.39, 0.29) is 5.91 Å². The number of rotatable bonds is 8. The lowest BCUT2D eigenvalue weighted by atomic mass is 10.1. The van der Waals surface area contributed by atoms with Crippen molar-refractivity contribution < 1.29 is 4.79 Å². The van der Waals surface area contributed by atoms with Crippen molar-refractivity contribution in [1.29, 1.82) is 0 Å². The first kappa shape index (κ1) is 20.5. The normalized spacial score (nSPS) is 10.6. The van der Waals surface area contributed by atoms with Crippen LogP contribution in [-0.4, -0.2) is 33.9 Å². The van der Waals surface area contributed by atoms with Gasteiger partial charge in [-0.3, -0.25) is 4.79 Å². The van der Waals surface area contributed by atoms with Gasteiger partial charge in [0.05, 0.1) is 0 Å². The number of benzene rings is 2. The average Bonchev–Trinajstić information content (AvgIpc) is 2.75. The van der Waals surface area contributed by atoms with Gasteiger partial charge in [0.25, 0.3) is 5.91 Å². The third-order valence-corrected chi connectivity index (χ3v) is 4.82. The van der Waals surface area contributed by atoms with E-state index in [4.69, 9.17) is 0 Å². The van der Waals surface area contributed by atoms with Gasteiger partial charge in [0.1, 0.15) is 0 Å². The number of hydrogen-bond donors (Lipinski definition) is 1. The number of aromatic nitrogens is 2. The van der Waals surface area contributed by atoms with E-state index in [2.05, 4.69) is 41.3 Å². The molecule has 0 aliphatic rings. The number of amides is 1. The molecule has 0 fully saturated rings. The van der Waals surface area contributed by atoms with Crippen molar-refractivity contribution >= 4 is 17.5 Å². The van der Waals surface area contributed by atoms with Crippen molar-refractivity contribution in [2.24, 2.45) is 0 Å². The first-order valence-electron chi connectivity index (χ1n) is 10.2. The fourth-order valence-electron chi connectivity index (χ4n) is 3.16. The highest BCUT2D eigenvalue weighted by molar-refractivity contribution is 5.95. The Morgan fingerprint density at radius 2 is 1.76 bits per heavy atom. The molecule has 1 heterocycles. The molecule has 1 aromatic heterocycles. The highest BCUT2D eigenvalue weighted by atomic mass is 16.2. The fourth-order valence-corrected chi connectivity index (χ4v) is 3.16. The maximum Gasteiger partial charge on any atom is 0.253 e. The van der Waals surface area contributed by atoms with Crippen molar-refractivity contribution in [2.45, 2.75) is 33.6 Å². The van der Waals surface area contributed by atoms with Gasteiger partial charge in [-0.05, 0) is 44.0 Å². The van der Waals surface area contributed by atoms with Gasteiger partial charge >= 0.3 is 0 Å². The van der Waals surface area contributed by atoms with Crippen LogP contribution >= 0.6 is 0 Å². The second-order valence-electron chi connectivity index (χ2n) is 7.11. The predicted octanol–water partition coefficient (Wildman–Crippen LogP) is 5.46. The Morgan fingerprint density at radius 3 is 2.45 bits per heavy atom. The number of nitrogens with one attached hydrogen (secondary N) is 1. The maximum atomic E-state index is 12.8. The fraction of sp³-hybridized carbons (Fsp3) is 0.292. The average molecular weight is 389 g/mol. The van der Waals surface area contributed by atoms with Gasteiger partial charge in [0.2, 0.25) is 5.95 Å². The molecule has 0 saturated carbocycles. The molecule has 0 spiro atoms. The van der Waals surface area contributed by atoms with Crippen LogP contribution in [0.25, 0.3) is 11.1 Å². The Labute approximate surface area is 172 Å². The van der Waals surface area contributed by atoms with Gasteiger partial charge in [-0.25, -0.2) is 9.97 Å². The molecule has 0 aliphatic heterocycles. The second-order valence-corrected chi connectivity index (χ2v) is 7.11. The van der Waals surface area contributed by atoms with Crippen molar-refractivity contribution in [3.05, 3.63) is 72.1 Å². The zero-order valence-electron chi connectivity index (χ0n) is 17.4. The molecule has 29 heavy (non-hydrogen) atoms. The summed E-state index contributed by atoms with van der Waals surface area (Å²) in [5.41, 5.74) is 4.73. The quantitative estimate of drug-likeness (QED) is 0.557. The van der Waals surface area contributed by atoms with Crippen LogP contribution in [0, 0.1) is 6.92 Å². The maximum absolute atomic E-state index is 12.8. The minimum atomic E-state index is 0.0558. The molecule has 1 amide bonds. The second kappa shape index (κ2) is 9.82. The Balaban J connectivity index is 1.72. The van der Waals surface area contributed by atoms with Gasteiger partial charge < -0.3 is 10.2 Å². The summed E-state index contributed by atoms with van der Waals surface area (Å²) in [6, 6.07) is 15.8. The molecule has 0 aliphatic carbocycles. The predicted molar refractivity (Wildman–Crippen MR) is 118 cm³/mol. The molecule has 0 saturated heterocycles. The first-order chi connectivity index (χ1) is 14.1. The van der Waals surface area contributed by atoms with E-state index >= 15 is 0 Å². The summed E-state index contributed by atoms with van der Waals surface area (Å²) in [5, 5.41) is 3.20. The van der Waals surface area contributed by atoms with E-state index in [0.29, 0.717) is 18.1 Å². The van der Waals surface area contributed by atoms with Crippen molar-refractivity contribution in [3.8, 4) is 11.1 Å². The number of aryl methyl sites for hydroxylation is 1. The third kappa shape index (κ3) is 5.41. The molecular weight excluding hydrogens is 360 g/mol. The van der Waals surface area contributed by atoms with Gasteiger partial charge in [-0.1, -0.05) is 49.2 Å². The summed E-state index contributed by atoms with van der Waals surface area (Å²) >= 11 is 0. The molecule has 1 N–H and O–H groups in total. The molecular formula is C24H28N4O. The number of hydrogen-bond acceptors (Lipinski definition) is 4. The summed E-state index contributed by atoms with van der Waals surface area (Å²) in [7, 11) is 0. The molecule has 0 bridgehead atoms. The lowest BCUT2D eigenvalue weighted by molar-refractivity contribution is 0.0762. The van der Waals surface area contributed by atoms with Crippen LogP contribution in [0.5, 0.6) is 0 Å². The standard InChI is InChI=1S/C24H28N4O/c1-4-6-13-28(5-2)23(29)20-11-8-12-22(15-20)27-24-25-16-21(17-26-24)19-10-7-9-18(3)14-19/h7-12,14-17H,4-6,13H2,1-3H3,(H,25,26,27). The Kier molecular flexibility index (Phi) is 6.95. The van der Waals surface area contributed by atoms with Crippen LogP contribution in [0.15, 0.2) is 60.9 Å². The van der Waals surface area contributed by atoms with E-state index in [1.165, 1.54) is 5.56 Å². The zero-order valence-corrected chi connectivity index (χ0v) is 17.4. The van der Waals surface area contributed by atoms with Crippen LogP contribution in [0.1, 0.15) is 42.6 Å². The molecule has 3 rings (SSSR count). The number of carbonyl (C=O) groups excluding carboxylic acids is 1. The highest BCUT2D eigenvalue weighted by Crippen LogP contribution is 2.21. The first-order valence-corrected chi connectivity index (χ1v) is 10.2. The molecule has 0 radical (unpaired) electrons. The number of unbranched alkanes of at least 4 members (excludes halogenated alkanes) is 1. The van der Waals surface area contributed by atoms with E-state index in [1.807, 2.05) is 60.6 Å². The lowest BCUT2D eigenvalue weighted by Gasteiger charge is -2.21. The number of anilines is 2. The summed E-state index contributed by atoms with van der Waals surface area (Å²) in [6.45, 7) is 7.70. The summed E-state index contributed by atoms with van der Waals surface area (Å²) in [6.07, 6.45) is 5.70. The van der Waals surface area contributed by atoms with Gasteiger partial charge in [0, 0.05) is 42.3 Å². The van der Waals surface area contributed by atoms with Gasteiger partial charge in [-0.2, -0.15) is 0 Å². The molecule has 3 aromatic rings. The Morgan fingerprint density at radius 1 is 1.00 bits per heavy atom. The SMILES string of the molecule is CCCCN(CC)C(=O)c1cccc(Nc2ncc(-c3cccc(C)c3)cn2)c1. The van der Waals surface area contributed by atoms with Crippen LogP contribution < -0.4 is 5.32 Å². The largest absolute Gasteiger partial charge is 0.339 e. The van der Waals surface area contributed by atoms with Gasteiger partial charge in [0.15, 0.2) is 0 Å². The summed E-state index contributed by atoms with van der Waals surface area (Å²) < 4.78 is 0.